The second-order valence-electron chi connectivity index (χ2n) is 11.1. The molecule has 6 atom stereocenters. The quantitative estimate of drug-likeness (QED) is 0.274. The van der Waals surface area contributed by atoms with Gasteiger partial charge < -0.3 is 25.3 Å². The fourth-order valence-electron chi connectivity index (χ4n) is 6.76. The highest BCUT2D eigenvalue weighted by Gasteiger charge is 2.54. The molecule has 0 aliphatic heterocycles. The van der Waals surface area contributed by atoms with Crippen molar-refractivity contribution in [1.29, 1.82) is 0 Å². The Bertz CT molecular complexity index is 1390. The summed E-state index contributed by atoms with van der Waals surface area (Å²) < 4.78 is 5.83. The van der Waals surface area contributed by atoms with Crippen LogP contribution < -0.4 is 21.5 Å². The molecule has 0 aromatic carbocycles. The summed E-state index contributed by atoms with van der Waals surface area (Å²) in [6, 6.07) is 5.14. The van der Waals surface area contributed by atoms with Crippen molar-refractivity contribution in [2.75, 3.05) is 12.4 Å². The van der Waals surface area contributed by atoms with Crippen molar-refractivity contribution in [3.8, 4) is 0 Å². The molecule has 0 saturated heterocycles. The van der Waals surface area contributed by atoms with Crippen LogP contribution in [0.5, 0.6) is 0 Å². The molecule has 4 bridgehead atoms. The van der Waals surface area contributed by atoms with E-state index in [1.807, 2.05) is 0 Å². The zero-order chi connectivity index (χ0) is 28.9. The number of esters is 1. The third-order valence-electron chi connectivity index (χ3n) is 8.48. The van der Waals surface area contributed by atoms with E-state index in [0.717, 1.165) is 5.92 Å². The molecular weight excluding hydrogens is 528 g/mol. The minimum atomic E-state index is -1.06. The zero-order valence-electron chi connectivity index (χ0n) is 22.8. The maximum atomic E-state index is 13.2. The highest BCUT2D eigenvalue weighted by atomic mass is 16.5. The van der Waals surface area contributed by atoms with Crippen LogP contribution >= 0.6 is 0 Å². The van der Waals surface area contributed by atoms with Gasteiger partial charge in [0.15, 0.2) is 5.69 Å². The largest absolute Gasteiger partial charge is 0.466 e. The summed E-state index contributed by atoms with van der Waals surface area (Å²) in [5, 5.41) is 15.8. The number of amides is 3. The van der Waals surface area contributed by atoms with E-state index < -0.39 is 29.4 Å². The van der Waals surface area contributed by atoms with Gasteiger partial charge in [0.05, 0.1) is 7.11 Å². The minimum absolute atomic E-state index is 0.0205. The Morgan fingerprint density at radius 3 is 2.71 bits per heavy atom. The van der Waals surface area contributed by atoms with Gasteiger partial charge in [-0.3, -0.25) is 19.2 Å². The maximum absolute atomic E-state index is 13.2. The van der Waals surface area contributed by atoms with Gasteiger partial charge in [-0.15, -0.1) is 5.10 Å². The van der Waals surface area contributed by atoms with Gasteiger partial charge in [-0.1, -0.05) is 6.08 Å². The van der Waals surface area contributed by atoms with Gasteiger partial charge >= 0.3 is 5.97 Å². The first-order valence-electron chi connectivity index (χ1n) is 13.9. The SMILES string of the molecule is COC(=O)/C=C/CC[C@H](NC(=O)c1cccnn1)C(=O)Nc1cccn(CC(=O)NC2C3CC4CC(C3)C2C4)c1=O. The number of nitrogens with zero attached hydrogens (tertiary/aromatic N) is 3. The van der Waals surface area contributed by atoms with Crippen molar-refractivity contribution < 1.29 is 23.9 Å². The van der Waals surface area contributed by atoms with Crippen molar-refractivity contribution in [2.24, 2.45) is 23.7 Å². The lowest BCUT2D eigenvalue weighted by Gasteiger charge is -2.32. The standard InChI is InChI=1S/C29H34N6O6/c1-41-25(37)9-3-2-6-21(31-28(39)22-7-4-10-30-34-22)27(38)32-23-8-5-11-35(29(23)40)16-24(36)33-26-19-13-17-12-18(15-19)20(26)14-17/h3-5,7-11,17-21,26H,2,6,12-16H2,1H3,(H,31,39)(H,32,38)(H,33,36)/b9-3+/t17?,18?,19?,20?,21-,26?/m0/s1. The number of carbonyl (C=O) groups is 4. The first kappa shape index (κ1) is 28.2. The van der Waals surface area contributed by atoms with Gasteiger partial charge in [0.25, 0.3) is 11.5 Å². The fourth-order valence-corrected chi connectivity index (χ4v) is 6.76. The third-order valence-corrected chi connectivity index (χ3v) is 8.48. The van der Waals surface area contributed by atoms with Gasteiger partial charge in [0.2, 0.25) is 11.8 Å². The molecule has 0 spiro atoms. The molecule has 12 nitrogen and oxygen atoms in total. The molecule has 5 unspecified atom stereocenters. The highest BCUT2D eigenvalue weighted by Crippen LogP contribution is 2.58. The van der Waals surface area contributed by atoms with Crippen LogP contribution in [0.15, 0.2) is 53.6 Å². The molecule has 4 aliphatic carbocycles. The summed E-state index contributed by atoms with van der Waals surface area (Å²) in [6.45, 7) is -0.155. The van der Waals surface area contributed by atoms with E-state index in [1.165, 1.54) is 74.0 Å². The molecule has 6 rings (SSSR count). The number of anilines is 1. The zero-order valence-corrected chi connectivity index (χ0v) is 22.8. The minimum Gasteiger partial charge on any atom is -0.466 e. The van der Waals surface area contributed by atoms with Crippen molar-refractivity contribution in [2.45, 2.75) is 57.2 Å². The molecule has 3 amide bonds. The van der Waals surface area contributed by atoms with Crippen LogP contribution in [0.4, 0.5) is 5.69 Å². The Kier molecular flexibility index (Phi) is 8.55. The Labute approximate surface area is 236 Å². The highest BCUT2D eigenvalue weighted by molar-refractivity contribution is 6.00. The van der Waals surface area contributed by atoms with Crippen molar-refractivity contribution in [3.05, 3.63) is 64.9 Å². The van der Waals surface area contributed by atoms with E-state index in [-0.39, 0.29) is 42.7 Å². The van der Waals surface area contributed by atoms with E-state index >= 15 is 0 Å². The van der Waals surface area contributed by atoms with E-state index in [9.17, 15) is 24.0 Å². The van der Waals surface area contributed by atoms with Crippen LogP contribution in [-0.4, -0.2) is 57.6 Å². The molecular formula is C29H34N6O6. The van der Waals surface area contributed by atoms with E-state index in [0.29, 0.717) is 17.8 Å². The molecule has 41 heavy (non-hydrogen) atoms. The number of rotatable bonds is 11. The topological polar surface area (TPSA) is 161 Å². The van der Waals surface area contributed by atoms with Crippen molar-refractivity contribution in [3.63, 3.8) is 0 Å². The maximum Gasteiger partial charge on any atom is 0.330 e. The number of hydrogen-bond acceptors (Lipinski definition) is 8. The van der Waals surface area contributed by atoms with Gasteiger partial charge in [0.1, 0.15) is 18.3 Å². The lowest BCUT2D eigenvalue weighted by Crippen LogP contribution is -2.46. The molecule has 0 radical (unpaired) electrons. The van der Waals surface area contributed by atoms with Gasteiger partial charge in [-0.05, 0) is 86.5 Å². The Morgan fingerprint density at radius 2 is 1.95 bits per heavy atom. The Hall–Kier alpha value is -4.35. The van der Waals surface area contributed by atoms with Gasteiger partial charge in [-0.2, -0.15) is 5.10 Å². The summed E-state index contributed by atoms with van der Waals surface area (Å²) in [6.07, 6.45) is 10.9. The van der Waals surface area contributed by atoms with E-state index in [1.54, 1.807) is 12.1 Å². The number of allylic oxidation sites excluding steroid dienone is 1. The van der Waals surface area contributed by atoms with Crippen LogP contribution in [0.3, 0.4) is 0 Å². The van der Waals surface area contributed by atoms with Crippen LogP contribution in [-0.2, 0) is 25.7 Å². The third kappa shape index (κ3) is 6.53. The van der Waals surface area contributed by atoms with Crippen LogP contribution in [0, 0.1) is 23.7 Å². The predicted molar refractivity (Wildman–Crippen MR) is 147 cm³/mol. The molecule has 2 aromatic heterocycles. The predicted octanol–water partition coefficient (Wildman–Crippen LogP) is 1.44. The van der Waals surface area contributed by atoms with E-state index in [2.05, 4.69) is 30.9 Å². The van der Waals surface area contributed by atoms with Crippen molar-refractivity contribution in [1.82, 2.24) is 25.4 Å². The van der Waals surface area contributed by atoms with Crippen LogP contribution in [0.1, 0.15) is 49.0 Å². The fraction of sp³-hybridized carbons (Fsp3) is 0.483. The molecule has 4 fully saturated rings. The number of carbonyl (C=O) groups excluding carboxylic acids is 4. The normalized spacial score (nSPS) is 24.7. The van der Waals surface area contributed by atoms with Crippen molar-refractivity contribution >= 4 is 29.4 Å². The lowest BCUT2D eigenvalue weighted by atomic mass is 9.79. The molecule has 216 valence electrons. The van der Waals surface area contributed by atoms with Crippen LogP contribution in [0.25, 0.3) is 0 Å². The summed E-state index contributed by atoms with van der Waals surface area (Å²) in [7, 11) is 1.25. The first-order chi connectivity index (χ1) is 19.8. The molecule has 4 saturated carbocycles. The number of hydrogen-bond donors (Lipinski definition) is 3. The second-order valence-corrected chi connectivity index (χ2v) is 11.1. The number of nitrogens with one attached hydrogen (secondary N) is 3. The molecule has 3 N–H and O–H groups in total. The van der Waals surface area contributed by atoms with E-state index in [4.69, 9.17) is 0 Å². The van der Waals surface area contributed by atoms with Gasteiger partial charge in [0, 0.05) is 24.5 Å². The summed E-state index contributed by atoms with van der Waals surface area (Å²) in [5.41, 5.74) is -0.533. The molecule has 12 heteroatoms. The summed E-state index contributed by atoms with van der Waals surface area (Å²) in [5.74, 6) is 0.570. The number of aromatic nitrogens is 3. The molecule has 2 aromatic rings. The summed E-state index contributed by atoms with van der Waals surface area (Å²) in [4.78, 5) is 63.4. The number of pyridine rings is 1. The number of ether oxygens (including phenoxy) is 1. The second kappa shape index (κ2) is 12.4. The molecule has 2 heterocycles. The Balaban J connectivity index is 1.23. The Morgan fingerprint density at radius 1 is 1.12 bits per heavy atom. The lowest BCUT2D eigenvalue weighted by molar-refractivity contribution is -0.134. The first-order valence-corrected chi connectivity index (χ1v) is 13.9. The monoisotopic (exact) mass is 562 g/mol. The molecule has 4 aliphatic rings. The van der Waals surface area contributed by atoms with Crippen LogP contribution in [0.2, 0.25) is 0 Å². The average molecular weight is 563 g/mol. The average Bonchev–Trinajstić information content (AvgIpc) is 3.39. The number of methoxy groups -OCH3 is 1. The summed E-state index contributed by atoms with van der Waals surface area (Å²) >= 11 is 0. The van der Waals surface area contributed by atoms with Gasteiger partial charge in [-0.25, -0.2) is 4.79 Å². The smallest absolute Gasteiger partial charge is 0.330 e.